The summed E-state index contributed by atoms with van der Waals surface area (Å²) in [6.07, 6.45) is 3.16. The molecule has 0 N–H and O–H groups in total. The Hall–Kier alpha value is -2.04. The summed E-state index contributed by atoms with van der Waals surface area (Å²) in [6, 6.07) is 6.38. The lowest BCUT2D eigenvalue weighted by Gasteiger charge is -2.37. The number of carbonyl (C=O) groups excluding carboxylic acids is 2. The molecule has 2 rings (SSSR count). The Bertz CT molecular complexity index is 622. The first kappa shape index (κ1) is 20.3. The molecule has 5 nitrogen and oxygen atoms in total. The van der Waals surface area contributed by atoms with Crippen molar-refractivity contribution in [3.05, 3.63) is 29.3 Å². The number of hydrogen-bond donors (Lipinski definition) is 0. The summed E-state index contributed by atoms with van der Waals surface area (Å²) in [5.74, 6) is 0.0563. The predicted octanol–water partition coefficient (Wildman–Crippen LogP) is 2.99. The first-order valence-electron chi connectivity index (χ1n) is 9.78. The van der Waals surface area contributed by atoms with E-state index in [9.17, 15) is 9.59 Å². The van der Waals surface area contributed by atoms with Gasteiger partial charge >= 0.3 is 0 Å². The van der Waals surface area contributed by atoms with E-state index in [0.717, 1.165) is 32.4 Å². The van der Waals surface area contributed by atoms with Gasteiger partial charge in [0, 0.05) is 45.3 Å². The van der Waals surface area contributed by atoms with Crippen LogP contribution in [0, 0.1) is 13.8 Å². The van der Waals surface area contributed by atoms with E-state index in [2.05, 4.69) is 43.9 Å². The fourth-order valence-corrected chi connectivity index (χ4v) is 3.44. The quantitative estimate of drug-likeness (QED) is 0.703. The van der Waals surface area contributed by atoms with Crippen LogP contribution in [0.15, 0.2) is 18.2 Å². The Kier molecular flexibility index (Phi) is 7.49. The van der Waals surface area contributed by atoms with E-state index < -0.39 is 0 Å². The molecule has 1 fully saturated rings. The van der Waals surface area contributed by atoms with Crippen LogP contribution in [0.2, 0.25) is 0 Å². The summed E-state index contributed by atoms with van der Waals surface area (Å²) >= 11 is 0. The molecule has 1 aromatic rings. The van der Waals surface area contributed by atoms with E-state index in [-0.39, 0.29) is 18.4 Å². The maximum atomic E-state index is 12.6. The maximum absolute atomic E-state index is 12.6. The van der Waals surface area contributed by atoms with Gasteiger partial charge in [-0.25, -0.2) is 0 Å². The van der Waals surface area contributed by atoms with Gasteiger partial charge in [-0.1, -0.05) is 31.9 Å². The molecule has 2 amide bonds. The number of hydrogen-bond acceptors (Lipinski definition) is 3. The van der Waals surface area contributed by atoms with Crippen LogP contribution in [0.5, 0.6) is 0 Å². The smallest absolute Gasteiger partial charge is 0.242 e. The van der Waals surface area contributed by atoms with Crippen molar-refractivity contribution in [3.63, 3.8) is 0 Å². The van der Waals surface area contributed by atoms with Crippen LogP contribution < -0.4 is 4.90 Å². The Morgan fingerprint density at radius 3 is 2.38 bits per heavy atom. The minimum Gasteiger partial charge on any atom is -0.368 e. The van der Waals surface area contributed by atoms with Crippen molar-refractivity contribution in [1.82, 2.24) is 9.80 Å². The Labute approximate surface area is 158 Å². The number of anilines is 1. The fourth-order valence-electron chi connectivity index (χ4n) is 3.44. The second-order valence-corrected chi connectivity index (χ2v) is 7.23. The second-order valence-electron chi connectivity index (χ2n) is 7.23. The second kappa shape index (κ2) is 9.60. The molecule has 0 aromatic heterocycles. The minimum atomic E-state index is -0.0107. The molecule has 0 saturated carbocycles. The van der Waals surface area contributed by atoms with Gasteiger partial charge in [0.1, 0.15) is 0 Å². The standard InChI is InChI=1S/C21H33N3O2/c1-5-6-7-11-24(19(4)25)16-21(26)23-14-12-22(13-15-23)20-10-8-9-17(2)18(20)3/h8-10H,5-7,11-16H2,1-4H3. The van der Waals surface area contributed by atoms with Gasteiger partial charge in [-0.3, -0.25) is 9.59 Å². The minimum absolute atomic E-state index is 0.0107. The monoisotopic (exact) mass is 359 g/mol. The van der Waals surface area contributed by atoms with Gasteiger partial charge in [0.2, 0.25) is 11.8 Å². The normalized spacial score (nSPS) is 14.5. The van der Waals surface area contributed by atoms with Crippen molar-refractivity contribution in [1.29, 1.82) is 0 Å². The highest BCUT2D eigenvalue weighted by Crippen LogP contribution is 2.23. The molecule has 0 unspecified atom stereocenters. The summed E-state index contributed by atoms with van der Waals surface area (Å²) in [5, 5.41) is 0. The van der Waals surface area contributed by atoms with E-state index in [1.54, 1.807) is 11.8 Å². The SMILES string of the molecule is CCCCCN(CC(=O)N1CCN(c2cccc(C)c2C)CC1)C(C)=O. The number of nitrogens with zero attached hydrogens (tertiary/aromatic N) is 3. The molecule has 1 aliphatic heterocycles. The molecule has 0 aliphatic carbocycles. The molecule has 1 aromatic carbocycles. The summed E-state index contributed by atoms with van der Waals surface area (Å²) in [6.45, 7) is 12.0. The van der Waals surface area contributed by atoms with E-state index in [1.165, 1.54) is 16.8 Å². The van der Waals surface area contributed by atoms with Gasteiger partial charge in [-0.2, -0.15) is 0 Å². The average Bonchev–Trinajstić information content (AvgIpc) is 2.63. The maximum Gasteiger partial charge on any atom is 0.242 e. The lowest BCUT2D eigenvalue weighted by atomic mass is 10.1. The topological polar surface area (TPSA) is 43.9 Å². The van der Waals surface area contributed by atoms with Gasteiger partial charge in [-0.05, 0) is 37.5 Å². The molecule has 144 valence electrons. The van der Waals surface area contributed by atoms with Crippen LogP contribution in [-0.4, -0.2) is 60.9 Å². The highest BCUT2D eigenvalue weighted by Gasteiger charge is 2.24. The summed E-state index contributed by atoms with van der Waals surface area (Å²) in [7, 11) is 0. The number of piperazine rings is 1. The van der Waals surface area contributed by atoms with Gasteiger partial charge in [0.25, 0.3) is 0 Å². The lowest BCUT2D eigenvalue weighted by Crippen LogP contribution is -2.52. The average molecular weight is 360 g/mol. The van der Waals surface area contributed by atoms with Crippen molar-refractivity contribution in [2.45, 2.75) is 47.0 Å². The predicted molar refractivity (Wildman–Crippen MR) is 106 cm³/mol. The molecule has 0 radical (unpaired) electrons. The van der Waals surface area contributed by atoms with Crippen molar-refractivity contribution in [2.24, 2.45) is 0 Å². The largest absolute Gasteiger partial charge is 0.368 e. The van der Waals surface area contributed by atoms with E-state index >= 15 is 0 Å². The number of carbonyl (C=O) groups is 2. The van der Waals surface area contributed by atoms with Crippen LogP contribution >= 0.6 is 0 Å². The molecular formula is C21H33N3O2. The number of amides is 2. The summed E-state index contributed by atoms with van der Waals surface area (Å²) < 4.78 is 0. The van der Waals surface area contributed by atoms with E-state index in [4.69, 9.17) is 0 Å². The van der Waals surface area contributed by atoms with E-state index in [1.807, 2.05) is 4.90 Å². The molecule has 26 heavy (non-hydrogen) atoms. The molecule has 0 bridgehead atoms. The van der Waals surface area contributed by atoms with Crippen molar-refractivity contribution in [3.8, 4) is 0 Å². The Morgan fingerprint density at radius 2 is 1.77 bits per heavy atom. The molecule has 0 spiro atoms. The van der Waals surface area contributed by atoms with E-state index in [0.29, 0.717) is 19.6 Å². The first-order valence-corrected chi connectivity index (χ1v) is 9.78. The number of aryl methyl sites for hydroxylation is 1. The third-order valence-corrected chi connectivity index (χ3v) is 5.35. The first-order chi connectivity index (χ1) is 12.4. The molecule has 1 saturated heterocycles. The summed E-state index contributed by atoms with van der Waals surface area (Å²) in [4.78, 5) is 30.4. The number of rotatable bonds is 7. The lowest BCUT2D eigenvalue weighted by molar-refractivity contribution is -0.139. The number of benzene rings is 1. The Morgan fingerprint density at radius 1 is 1.08 bits per heavy atom. The van der Waals surface area contributed by atoms with Gasteiger partial charge in [0.05, 0.1) is 6.54 Å². The van der Waals surface area contributed by atoms with Crippen LogP contribution in [0.1, 0.15) is 44.2 Å². The zero-order valence-corrected chi connectivity index (χ0v) is 16.8. The Balaban J connectivity index is 1.89. The molecule has 0 atom stereocenters. The zero-order chi connectivity index (χ0) is 19.1. The van der Waals surface area contributed by atoms with Crippen LogP contribution in [0.3, 0.4) is 0 Å². The van der Waals surface area contributed by atoms with Crippen LogP contribution in [-0.2, 0) is 9.59 Å². The van der Waals surface area contributed by atoms with Gasteiger partial charge in [0.15, 0.2) is 0 Å². The molecule has 5 heteroatoms. The van der Waals surface area contributed by atoms with Crippen molar-refractivity contribution < 1.29 is 9.59 Å². The van der Waals surface area contributed by atoms with Gasteiger partial charge < -0.3 is 14.7 Å². The van der Waals surface area contributed by atoms with Gasteiger partial charge in [-0.15, -0.1) is 0 Å². The highest BCUT2D eigenvalue weighted by molar-refractivity contribution is 5.84. The molecule has 1 aliphatic rings. The van der Waals surface area contributed by atoms with Crippen molar-refractivity contribution >= 4 is 17.5 Å². The highest BCUT2D eigenvalue weighted by atomic mass is 16.2. The molecule has 1 heterocycles. The summed E-state index contributed by atoms with van der Waals surface area (Å²) in [5.41, 5.74) is 3.87. The van der Waals surface area contributed by atoms with Crippen LogP contribution in [0.4, 0.5) is 5.69 Å². The number of unbranched alkanes of at least 4 members (excludes halogenated alkanes) is 2. The van der Waals surface area contributed by atoms with Crippen molar-refractivity contribution in [2.75, 3.05) is 44.2 Å². The third-order valence-electron chi connectivity index (χ3n) is 5.35. The fraction of sp³-hybridized carbons (Fsp3) is 0.619. The third kappa shape index (κ3) is 5.23. The molecular weight excluding hydrogens is 326 g/mol. The zero-order valence-electron chi connectivity index (χ0n) is 16.8. The van der Waals surface area contributed by atoms with Crippen LogP contribution in [0.25, 0.3) is 0 Å².